The molecule has 0 radical (unpaired) electrons. The van der Waals surface area contributed by atoms with Gasteiger partial charge in [0.2, 0.25) is 5.56 Å². The van der Waals surface area contributed by atoms with Crippen molar-refractivity contribution in [3.8, 4) is 11.1 Å². The summed E-state index contributed by atoms with van der Waals surface area (Å²) in [4.78, 5) is 33.0. The second kappa shape index (κ2) is 7.40. The van der Waals surface area contributed by atoms with Gasteiger partial charge in [-0.1, -0.05) is 0 Å². The molecular formula is C19H22N4O4. The number of aromatic amines is 1. The van der Waals surface area contributed by atoms with Gasteiger partial charge in [0.25, 0.3) is 0 Å². The first-order chi connectivity index (χ1) is 13.1. The predicted molar refractivity (Wildman–Crippen MR) is 101 cm³/mol. The summed E-state index contributed by atoms with van der Waals surface area (Å²) in [5, 5.41) is 2.54. The number of anilines is 2. The van der Waals surface area contributed by atoms with E-state index in [0.717, 1.165) is 23.5 Å². The molecule has 0 spiro atoms. The highest BCUT2D eigenvalue weighted by Gasteiger charge is 2.37. The van der Waals surface area contributed by atoms with Gasteiger partial charge in [0, 0.05) is 18.8 Å². The summed E-state index contributed by atoms with van der Waals surface area (Å²) in [6.07, 6.45) is 3.41. The van der Waals surface area contributed by atoms with Gasteiger partial charge < -0.3 is 19.4 Å². The Kier molecular flexibility index (Phi) is 4.81. The smallest absolute Gasteiger partial charge is 0.412 e. The number of aromatic nitrogens is 2. The van der Waals surface area contributed by atoms with E-state index in [1.165, 1.54) is 20.0 Å². The molecule has 2 aromatic rings. The Balaban J connectivity index is 1.65. The second-order valence-corrected chi connectivity index (χ2v) is 6.84. The van der Waals surface area contributed by atoms with Gasteiger partial charge in [-0.3, -0.25) is 10.1 Å². The number of nitrogens with zero attached hydrogens (tertiary/aromatic N) is 2. The maximum absolute atomic E-state index is 12.3. The molecule has 1 saturated heterocycles. The molecule has 142 valence electrons. The lowest BCUT2D eigenvalue weighted by Crippen LogP contribution is -2.47. The minimum atomic E-state index is -0.591. The van der Waals surface area contributed by atoms with Crippen molar-refractivity contribution in [1.82, 2.24) is 9.97 Å². The van der Waals surface area contributed by atoms with Crippen molar-refractivity contribution in [3.63, 3.8) is 0 Å². The average molecular weight is 370 g/mol. The molecule has 1 aliphatic carbocycles. The predicted octanol–water partition coefficient (Wildman–Crippen LogP) is 2.23. The zero-order chi connectivity index (χ0) is 18.8. The third-order valence-corrected chi connectivity index (χ3v) is 4.98. The molecule has 8 heteroatoms. The monoisotopic (exact) mass is 370 g/mol. The number of morpholine rings is 1. The lowest BCUT2D eigenvalue weighted by molar-refractivity contribution is 0.0874. The fourth-order valence-electron chi connectivity index (χ4n) is 3.48. The highest BCUT2D eigenvalue weighted by atomic mass is 16.5. The Morgan fingerprint density at radius 3 is 2.96 bits per heavy atom. The van der Waals surface area contributed by atoms with Gasteiger partial charge in [-0.2, -0.15) is 0 Å². The number of ether oxygens (including phenoxy) is 2. The summed E-state index contributed by atoms with van der Waals surface area (Å²) in [7, 11) is 1.29. The third kappa shape index (κ3) is 3.95. The number of hydrogen-bond donors (Lipinski definition) is 2. The van der Waals surface area contributed by atoms with Crippen LogP contribution in [0.4, 0.5) is 16.4 Å². The van der Waals surface area contributed by atoms with E-state index >= 15 is 0 Å². The molecule has 1 aliphatic heterocycles. The third-order valence-electron chi connectivity index (χ3n) is 4.98. The summed E-state index contributed by atoms with van der Waals surface area (Å²) < 4.78 is 10.2. The molecule has 2 aliphatic rings. The minimum absolute atomic E-state index is 0.164. The van der Waals surface area contributed by atoms with Gasteiger partial charge in [-0.25, -0.2) is 9.78 Å². The topological polar surface area (TPSA) is 96.5 Å². The summed E-state index contributed by atoms with van der Waals surface area (Å²) in [5.41, 5.74) is 1.40. The molecule has 0 bridgehead atoms. The number of H-pyrrole nitrogens is 1. The highest BCUT2D eigenvalue weighted by molar-refractivity contribution is 5.84. The SMILES string of the molecule is COC(=O)Nc1cc(-c2cc(N3CCOCC3C3CC3)[nH]c(=O)c2)ccn1. The molecular weight excluding hydrogens is 348 g/mol. The van der Waals surface area contributed by atoms with E-state index in [9.17, 15) is 9.59 Å². The van der Waals surface area contributed by atoms with Crippen LogP contribution in [0, 0.1) is 5.92 Å². The van der Waals surface area contributed by atoms with Crippen LogP contribution in [0.2, 0.25) is 0 Å². The number of methoxy groups -OCH3 is 1. The highest BCUT2D eigenvalue weighted by Crippen LogP contribution is 2.38. The van der Waals surface area contributed by atoms with E-state index in [-0.39, 0.29) is 5.56 Å². The lowest BCUT2D eigenvalue weighted by Gasteiger charge is -2.37. The first-order valence-corrected chi connectivity index (χ1v) is 9.04. The summed E-state index contributed by atoms with van der Waals surface area (Å²) in [5.74, 6) is 1.80. The van der Waals surface area contributed by atoms with Gasteiger partial charge in [-0.15, -0.1) is 0 Å². The fraction of sp³-hybridized carbons (Fsp3) is 0.421. The van der Waals surface area contributed by atoms with Gasteiger partial charge >= 0.3 is 6.09 Å². The van der Waals surface area contributed by atoms with Crippen LogP contribution < -0.4 is 15.8 Å². The van der Waals surface area contributed by atoms with E-state index in [0.29, 0.717) is 31.0 Å². The van der Waals surface area contributed by atoms with E-state index in [1.807, 2.05) is 6.07 Å². The molecule has 8 nitrogen and oxygen atoms in total. The molecule has 0 aromatic carbocycles. The average Bonchev–Trinajstić information content (AvgIpc) is 3.53. The van der Waals surface area contributed by atoms with Crippen molar-refractivity contribution in [2.75, 3.05) is 37.1 Å². The number of carbonyl (C=O) groups is 1. The van der Waals surface area contributed by atoms with Crippen molar-refractivity contribution < 1.29 is 14.3 Å². The van der Waals surface area contributed by atoms with Gasteiger partial charge in [0.15, 0.2) is 0 Å². The van der Waals surface area contributed by atoms with Crippen LogP contribution >= 0.6 is 0 Å². The quantitative estimate of drug-likeness (QED) is 0.857. The zero-order valence-corrected chi connectivity index (χ0v) is 15.1. The number of carbonyl (C=O) groups excluding carboxylic acids is 1. The Labute approximate surface area is 156 Å². The number of rotatable bonds is 4. The molecule has 1 amide bonds. The van der Waals surface area contributed by atoms with Crippen molar-refractivity contribution in [1.29, 1.82) is 0 Å². The van der Waals surface area contributed by atoms with Crippen LogP contribution in [0.15, 0.2) is 35.3 Å². The van der Waals surface area contributed by atoms with E-state index in [1.54, 1.807) is 24.4 Å². The molecule has 3 heterocycles. The first-order valence-electron chi connectivity index (χ1n) is 9.04. The lowest BCUT2D eigenvalue weighted by atomic mass is 10.1. The van der Waals surface area contributed by atoms with Crippen LogP contribution in [0.3, 0.4) is 0 Å². The van der Waals surface area contributed by atoms with E-state index in [4.69, 9.17) is 4.74 Å². The Hall–Kier alpha value is -2.87. The molecule has 2 aromatic heterocycles. The van der Waals surface area contributed by atoms with Crippen molar-refractivity contribution in [2.24, 2.45) is 5.92 Å². The number of pyridine rings is 2. The van der Waals surface area contributed by atoms with Crippen molar-refractivity contribution in [3.05, 3.63) is 40.8 Å². The number of nitrogens with one attached hydrogen (secondary N) is 2. The summed E-state index contributed by atoms with van der Waals surface area (Å²) in [6, 6.07) is 7.34. The van der Waals surface area contributed by atoms with Crippen LogP contribution in [0.25, 0.3) is 11.1 Å². The number of amides is 1. The van der Waals surface area contributed by atoms with Gasteiger partial charge in [-0.05, 0) is 48.1 Å². The van der Waals surface area contributed by atoms with Crippen molar-refractivity contribution in [2.45, 2.75) is 18.9 Å². The summed E-state index contributed by atoms with van der Waals surface area (Å²) >= 11 is 0. The first kappa shape index (κ1) is 17.5. The summed E-state index contributed by atoms with van der Waals surface area (Å²) in [6.45, 7) is 2.10. The Bertz CT molecular complexity index is 893. The maximum atomic E-state index is 12.3. The Morgan fingerprint density at radius 2 is 2.19 bits per heavy atom. The van der Waals surface area contributed by atoms with Crippen LogP contribution in [0.5, 0.6) is 0 Å². The molecule has 2 N–H and O–H groups in total. The Morgan fingerprint density at radius 1 is 1.33 bits per heavy atom. The maximum Gasteiger partial charge on any atom is 0.412 e. The second-order valence-electron chi connectivity index (χ2n) is 6.84. The fourth-order valence-corrected chi connectivity index (χ4v) is 3.48. The molecule has 4 rings (SSSR count). The zero-order valence-electron chi connectivity index (χ0n) is 15.1. The van der Waals surface area contributed by atoms with Gasteiger partial charge in [0.1, 0.15) is 11.6 Å². The van der Waals surface area contributed by atoms with E-state index < -0.39 is 6.09 Å². The molecule has 27 heavy (non-hydrogen) atoms. The molecule has 2 fully saturated rings. The normalized spacial score (nSPS) is 19.6. The largest absolute Gasteiger partial charge is 0.453 e. The number of hydrogen-bond acceptors (Lipinski definition) is 6. The van der Waals surface area contributed by atoms with Crippen molar-refractivity contribution >= 4 is 17.7 Å². The molecule has 1 unspecified atom stereocenters. The molecule has 1 saturated carbocycles. The minimum Gasteiger partial charge on any atom is -0.453 e. The van der Waals surface area contributed by atoms with Crippen LogP contribution in [-0.4, -0.2) is 49.0 Å². The van der Waals surface area contributed by atoms with Crippen LogP contribution in [0.1, 0.15) is 12.8 Å². The standard InChI is InChI=1S/C19H22N4O4/c1-26-19(25)21-16-8-13(4-5-20-16)14-9-17(22-18(24)10-14)23-6-7-27-11-15(23)12-2-3-12/h4-5,8-10,12,15H,2-3,6-7,11H2,1H3,(H,22,24)(H,20,21,25). The van der Waals surface area contributed by atoms with E-state index in [2.05, 4.69) is 24.9 Å². The van der Waals surface area contributed by atoms with Crippen LogP contribution in [-0.2, 0) is 9.47 Å². The van der Waals surface area contributed by atoms with Gasteiger partial charge in [0.05, 0.1) is 26.4 Å². The molecule has 1 atom stereocenters.